The van der Waals surface area contributed by atoms with Crippen LogP contribution in [0.2, 0.25) is 0 Å². The van der Waals surface area contributed by atoms with Crippen molar-refractivity contribution in [3.8, 4) is 11.4 Å². The summed E-state index contributed by atoms with van der Waals surface area (Å²) in [5.41, 5.74) is 2.10. The first-order chi connectivity index (χ1) is 14.5. The van der Waals surface area contributed by atoms with Crippen molar-refractivity contribution in [3.63, 3.8) is 0 Å². The standard InChI is InChI=1S/C22H21N5O3/c1-26-21(30)24-18(25-26)14-7-9-15(10-8-14)19(28)27-12-4-11-22(13-27)16-5-2-3-6-17(16)23-20(22)29/h2-3,5-10H,4,11-13H2,1H3,(H,23,29)(H,24,25,30). The number of anilines is 1. The molecule has 1 spiro atoms. The number of para-hydroxylation sites is 1. The van der Waals surface area contributed by atoms with E-state index in [4.69, 9.17) is 0 Å². The second-order valence-electron chi connectivity index (χ2n) is 7.89. The monoisotopic (exact) mass is 403 g/mol. The zero-order chi connectivity index (χ0) is 20.9. The fourth-order valence-corrected chi connectivity index (χ4v) is 4.49. The molecule has 30 heavy (non-hydrogen) atoms. The zero-order valence-corrected chi connectivity index (χ0v) is 16.5. The number of nitrogens with zero attached hydrogens (tertiary/aromatic N) is 3. The van der Waals surface area contributed by atoms with Gasteiger partial charge in [-0.15, -0.1) is 0 Å². The van der Waals surface area contributed by atoms with Gasteiger partial charge in [0.1, 0.15) is 0 Å². The van der Waals surface area contributed by atoms with Gasteiger partial charge in [0.2, 0.25) is 5.91 Å². The van der Waals surface area contributed by atoms with Gasteiger partial charge in [-0.25, -0.2) is 9.48 Å². The van der Waals surface area contributed by atoms with Gasteiger partial charge in [0.05, 0.1) is 5.41 Å². The number of aromatic nitrogens is 3. The maximum Gasteiger partial charge on any atom is 0.343 e. The summed E-state index contributed by atoms with van der Waals surface area (Å²) in [4.78, 5) is 42.1. The van der Waals surface area contributed by atoms with Crippen molar-refractivity contribution < 1.29 is 9.59 Å². The lowest BCUT2D eigenvalue weighted by Crippen LogP contribution is -2.51. The Morgan fingerprint density at radius 3 is 2.60 bits per heavy atom. The molecular weight excluding hydrogens is 382 g/mol. The molecule has 8 nitrogen and oxygen atoms in total. The molecule has 1 saturated heterocycles. The van der Waals surface area contributed by atoms with E-state index in [-0.39, 0.29) is 17.5 Å². The minimum absolute atomic E-state index is 0.0318. The van der Waals surface area contributed by atoms with Gasteiger partial charge in [0, 0.05) is 37.0 Å². The number of piperidine rings is 1. The van der Waals surface area contributed by atoms with E-state index in [1.807, 2.05) is 24.3 Å². The quantitative estimate of drug-likeness (QED) is 0.683. The fourth-order valence-electron chi connectivity index (χ4n) is 4.49. The highest BCUT2D eigenvalue weighted by atomic mass is 16.2. The summed E-state index contributed by atoms with van der Waals surface area (Å²) in [6.07, 6.45) is 1.49. The molecule has 2 aliphatic heterocycles. The normalized spacial score (nSPS) is 20.3. The Kier molecular flexibility index (Phi) is 4.09. The van der Waals surface area contributed by atoms with E-state index >= 15 is 0 Å². The Labute approximate surface area is 172 Å². The average Bonchev–Trinajstić information content (AvgIpc) is 3.24. The van der Waals surface area contributed by atoms with Crippen molar-refractivity contribution in [2.24, 2.45) is 7.05 Å². The Morgan fingerprint density at radius 1 is 1.10 bits per heavy atom. The molecule has 2 aliphatic rings. The second kappa shape index (κ2) is 6.69. The van der Waals surface area contributed by atoms with Crippen LogP contribution >= 0.6 is 0 Å². The van der Waals surface area contributed by atoms with E-state index in [1.54, 1.807) is 36.2 Å². The van der Waals surface area contributed by atoms with Crippen LogP contribution in [0, 0.1) is 0 Å². The Bertz CT molecular complexity index is 1210. The molecule has 5 rings (SSSR count). The van der Waals surface area contributed by atoms with E-state index in [0.29, 0.717) is 24.5 Å². The van der Waals surface area contributed by atoms with Crippen molar-refractivity contribution in [2.75, 3.05) is 18.4 Å². The molecule has 0 radical (unpaired) electrons. The summed E-state index contributed by atoms with van der Waals surface area (Å²) in [6.45, 7) is 0.981. The first-order valence-corrected chi connectivity index (χ1v) is 9.92. The third-order valence-corrected chi connectivity index (χ3v) is 6.08. The predicted molar refractivity (Wildman–Crippen MR) is 111 cm³/mol. The molecule has 3 heterocycles. The summed E-state index contributed by atoms with van der Waals surface area (Å²) in [5, 5.41) is 7.11. The number of carbonyl (C=O) groups excluding carboxylic acids is 2. The summed E-state index contributed by atoms with van der Waals surface area (Å²) >= 11 is 0. The molecule has 8 heteroatoms. The number of rotatable bonds is 2. The molecule has 0 aliphatic carbocycles. The highest BCUT2D eigenvalue weighted by Crippen LogP contribution is 2.43. The molecule has 1 unspecified atom stereocenters. The largest absolute Gasteiger partial charge is 0.343 e. The number of amides is 2. The maximum absolute atomic E-state index is 13.2. The van der Waals surface area contributed by atoms with Crippen molar-refractivity contribution in [2.45, 2.75) is 18.3 Å². The number of H-pyrrole nitrogens is 1. The summed E-state index contributed by atoms with van der Waals surface area (Å²) in [6, 6.07) is 14.7. The van der Waals surface area contributed by atoms with Gasteiger partial charge in [-0.2, -0.15) is 5.10 Å². The van der Waals surface area contributed by atoms with Crippen LogP contribution in [0.3, 0.4) is 0 Å². The smallest absolute Gasteiger partial charge is 0.337 e. The third-order valence-electron chi connectivity index (χ3n) is 6.08. The summed E-state index contributed by atoms with van der Waals surface area (Å²) < 4.78 is 1.23. The van der Waals surface area contributed by atoms with Crippen molar-refractivity contribution >= 4 is 17.5 Å². The summed E-state index contributed by atoms with van der Waals surface area (Å²) in [7, 11) is 1.57. The molecule has 2 amide bonds. The van der Waals surface area contributed by atoms with E-state index in [9.17, 15) is 14.4 Å². The average molecular weight is 403 g/mol. The first kappa shape index (κ1) is 18.4. The number of benzene rings is 2. The van der Waals surface area contributed by atoms with Crippen LogP contribution in [0.25, 0.3) is 11.4 Å². The number of aryl methyl sites for hydroxylation is 1. The van der Waals surface area contributed by atoms with Gasteiger partial charge in [-0.3, -0.25) is 14.6 Å². The van der Waals surface area contributed by atoms with Gasteiger partial charge < -0.3 is 10.2 Å². The van der Waals surface area contributed by atoms with Crippen LogP contribution < -0.4 is 11.0 Å². The molecule has 0 bridgehead atoms. The molecule has 1 fully saturated rings. The highest BCUT2D eigenvalue weighted by Gasteiger charge is 2.49. The maximum atomic E-state index is 13.2. The number of carbonyl (C=O) groups is 2. The number of hydrogen-bond acceptors (Lipinski definition) is 4. The zero-order valence-electron chi connectivity index (χ0n) is 16.5. The topological polar surface area (TPSA) is 100 Å². The van der Waals surface area contributed by atoms with Crippen molar-refractivity contribution in [1.82, 2.24) is 19.7 Å². The van der Waals surface area contributed by atoms with E-state index in [2.05, 4.69) is 15.4 Å². The van der Waals surface area contributed by atoms with Crippen LogP contribution in [0.1, 0.15) is 28.8 Å². The van der Waals surface area contributed by atoms with Crippen LogP contribution in [0.4, 0.5) is 5.69 Å². The van der Waals surface area contributed by atoms with E-state index in [1.165, 1.54) is 4.68 Å². The molecular formula is C22H21N5O3. The Hall–Kier alpha value is -3.68. The molecule has 2 N–H and O–H groups in total. The molecule has 152 valence electrons. The van der Waals surface area contributed by atoms with E-state index < -0.39 is 5.41 Å². The lowest BCUT2D eigenvalue weighted by Gasteiger charge is -2.39. The molecule has 1 aromatic heterocycles. The fraction of sp³-hybridized carbons (Fsp3) is 0.273. The SMILES string of the molecule is Cn1nc(-c2ccc(C(=O)N3CCCC4(C3)C(=O)Nc3ccccc34)cc2)[nH]c1=O. The van der Waals surface area contributed by atoms with Crippen LogP contribution in [0.15, 0.2) is 53.3 Å². The van der Waals surface area contributed by atoms with Crippen molar-refractivity contribution in [1.29, 1.82) is 0 Å². The van der Waals surface area contributed by atoms with Crippen molar-refractivity contribution in [3.05, 3.63) is 70.1 Å². The lowest BCUT2D eigenvalue weighted by molar-refractivity contribution is -0.122. The van der Waals surface area contributed by atoms with Gasteiger partial charge in [-0.1, -0.05) is 30.3 Å². The van der Waals surface area contributed by atoms with E-state index in [0.717, 1.165) is 29.7 Å². The Balaban J connectivity index is 1.40. The Morgan fingerprint density at radius 2 is 1.87 bits per heavy atom. The number of aromatic amines is 1. The highest BCUT2D eigenvalue weighted by molar-refractivity contribution is 6.07. The number of likely N-dealkylation sites (tertiary alicyclic amines) is 1. The second-order valence-corrected chi connectivity index (χ2v) is 7.89. The molecule has 1 atom stereocenters. The minimum Gasteiger partial charge on any atom is -0.337 e. The van der Waals surface area contributed by atoms with Gasteiger partial charge >= 0.3 is 5.69 Å². The van der Waals surface area contributed by atoms with Crippen LogP contribution in [-0.4, -0.2) is 44.6 Å². The predicted octanol–water partition coefficient (Wildman–Crippen LogP) is 1.90. The number of hydrogen-bond donors (Lipinski definition) is 2. The van der Waals surface area contributed by atoms with Crippen LogP contribution in [-0.2, 0) is 17.3 Å². The number of nitrogens with one attached hydrogen (secondary N) is 2. The molecule has 3 aromatic rings. The van der Waals surface area contributed by atoms with Gasteiger partial charge in [-0.05, 0) is 36.6 Å². The lowest BCUT2D eigenvalue weighted by atomic mass is 9.75. The molecule has 0 saturated carbocycles. The third kappa shape index (κ3) is 2.75. The van der Waals surface area contributed by atoms with Crippen LogP contribution in [0.5, 0.6) is 0 Å². The number of fused-ring (bicyclic) bond motifs is 2. The van der Waals surface area contributed by atoms with Gasteiger partial charge in [0.15, 0.2) is 5.82 Å². The first-order valence-electron chi connectivity index (χ1n) is 9.92. The van der Waals surface area contributed by atoms with Gasteiger partial charge in [0.25, 0.3) is 5.91 Å². The molecule has 2 aromatic carbocycles. The summed E-state index contributed by atoms with van der Waals surface area (Å²) in [5.74, 6) is 0.320. The minimum atomic E-state index is -0.683.